The number of nitrogen functional groups attached to an aromatic ring is 1. The molecule has 156 valence electrons. The van der Waals surface area contributed by atoms with E-state index in [0.717, 1.165) is 40.7 Å². The molecule has 7 heteroatoms. The molecule has 0 saturated heterocycles. The fourth-order valence-electron chi connectivity index (χ4n) is 3.94. The predicted octanol–water partition coefficient (Wildman–Crippen LogP) is 4.32. The topological polar surface area (TPSA) is 87.9 Å². The highest BCUT2D eigenvalue weighted by Gasteiger charge is 2.21. The van der Waals surface area contributed by atoms with Gasteiger partial charge in [-0.3, -0.25) is 9.78 Å². The number of pyridine rings is 2. The van der Waals surface area contributed by atoms with E-state index in [1.54, 1.807) is 23.7 Å². The van der Waals surface area contributed by atoms with Gasteiger partial charge in [0.05, 0.1) is 10.4 Å². The number of carbonyl (C=O) groups excluding carboxylic acids is 1. The maximum Gasteiger partial charge on any atom is 0.264 e. The third kappa shape index (κ3) is 4.09. The number of nitrogens with two attached hydrogens (primary N) is 1. The number of aromatic amines is 1. The molecule has 0 atom stereocenters. The molecule has 0 aliphatic carbocycles. The number of hydrogen-bond donors (Lipinski definition) is 2. The van der Waals surface area contributed by atoms with Crippen LogP contribution in [-0.4, -0.2) is 38.8 Å². The third-order valence-electron chi connectivity index (χ3n) is 5.68. The first-order valence-corrected chi connectivity index (χ1v) is 11.2. The number of aryl methyl sites for hydroxylation is 2. The van der Waals surface area contributed by atoms with Crippen LogP contribution in [0.3, 0.4) is 0 Å². The number of rotatable bonds is 5. The van der Waals surface area contributed by atoms with Crippen molar-refractivity contribution in [3.8, 4) is 0 Å². The number of hydrogen-bond acceptors (Lipinski definition) is 5. The van der Waals surface area contributed by atoms with E-state index in [0.29, 0.717) is 18.9 Å². The molecule has 1 aliphatic heterocycles. The number of nitrogens with zero attached hydrogens (tertiary/aromatic N) is 3. The van der Waals surface area contributed by atoms with Crippen LogP contribution in [0.5, 0.6) is 0 Å². The van der Waals surface area contributed by atoms with E-state index in [2.05, 4.69) is 39.2 Å². The molecule has 3 N–H and O–H groups in total. The van der Waals surface area contributed by atoms with Crippen LogP contribution in [-0.2, 0) is 12.8 Å². The van der Waals surface area contributed by atoms with Gasteiger partial charge in [0.25, 0.3) is 5.91 Å². The fraction of sp³-hybridized carbons (Fsp3) is 0.208. The number of anilines is 1. The van der Waals surface area contributed by atoms with Crippen LogP contribution in [0.4, 0.5) is 5.82 Å². The molecule has 1 aliphatic rings. The first-order chi connectivity index (χ1) is 15.2. The lowest BCUT2D eigenvalue weighted by molar-refractivity contribution is 0.0777. The van der Waals surface area contributed by atoms with Gasteiger partial charge in [0.15, 0.2) is 0 Å². The summed E-state index contributed by atoms with van der Waals surface area (Å²) in [5.74, 6) is 0.642. The Balaban J connectivity index is 1.24. The lowest BCUT2D eigenvalue weighted by atomic mass is 10.0. The summed E-state index contributed by atoms with van der Waals surface area (Å²) in [6, 6.07) is 12.0. The molecule has 1 amide bonds. The van der Waals surface area contributed by atoms with Gasteiger partial charge in [0.1, 0.15) is 5.82 Å². The maximum absolute atomic E-state index is 13.0. The van der Waals surface area contributed by atoms with Crippen molar-refractivity contribution in [3.05, 3.63) is 82.1 Å². The minimum Gasteiger partial charge on any atom is -0.383 e. The predicted molar refractivity (Wildman–Crippen MR) is 125 cm³/mol. The summed E-state index contributed by atoms with van der Waals surface area (Å²) in [6.07, 6.45) is 10.2. The average molecular weight is 430 g/mol. The Labute approximate surface area is 184 Å². The third-order valence-corrected chi connectivity index (χ3v) is 6.81. The van der Waals surface area contributed by atoms with Gasteiger partial charge in [-0.25, -0.2) is 4.98 Å². The van der Waals surface area contributed by atoms with Crippen molar-refractivity contribution in [1.82, 2.24) is 19.9 Å². The van der Waals surface area contributed by atoms with E-state index in [1.165, 1.54) is 16.0 Å². The van der Waals surface area contributed by atoms with Gasteiger partial charge in [-0.1, -0.05) is 12.1 Å². The molecule has 0 spiro atoms. The van der Waals surface area contributed by atoms with Crippen molar-refractivity contribution in [2.75, 3.05) is 18.8 Å². The van der Waals surface area contributed by atoms with Crippen molar-refractivity contribution in [1.29, 1.82) is 0 Å². The molecular formula is C24H23N5OS. The Kier molecular flexibility index (Phi) is 5.26. The van der Waals surface area contributed by atoms with Crippen molar-refractivity contribution >= 4 is 39.5 Å². The van der Waals surface area contributed by atoms with E-state index >= 15 is 0 Å². The fourth-order valence-corrected chi connectivity index (χ4v) is 4.92. The largest absolute Gasteiger partial charge is 0.383 e. The Morgan fingerprint density at radius 3 is 2.90 bits per heavy atom. The van der Waals surface area contributed by atoms with Gasteiger partial charge in [0.2, 0.25) is 0 Å². The van der Waals surface area contributed by atoms with Gasteiger partial charge >= 0.3 is 0 Å². The van der Waals surface area contributed by atoms with Crippen LogP contribution >= 0.6 is 11.3 Å². The Morgan fingerprint density at radius 2 is 2.13 bits per heavy atom. The maximum atomic E-state index is 13.0. The number of nitrogens with one attached hydrogen (secondary N) is 1. The van der Waals surface area contributed by atoms with Gasteiger partial charge in [-0.05, 0) is 60.7 Å². The van der Waals surface area contributed by atoms with E-state index in [4.69, 9.17) is 5.73 Å². The van der Waals surface area contributed by atoms with Crippen LogP contribution in [0.2, 0.25) is 0 Å². The average Bonchev–Trinajstić information content (AvgIpc) is 3.46. The zero-order chi connectivity index (χ0) is 21.2. The van der Waals surface area contributed by atoms with Gasteiger partial charge in [-0.15, -0.1) is 11.3 Å². The number of aromatic nitrogens is 3. The minimum atomic E-state index is 0.109. The second-order valence-electron chi connectivity index (χ2n) is 7.70. The van der Waals surface area contributed by atoms with Crippen molar-refractivity contribution in [3.63, 3.8) is 0 Å². The molecule has 0 bridgehead atoms. The summed E-state index contributed by atoms with van der Waals surface area (Å²) < 4.78 is 0. The Bertz CT molecular complexity index is 1260. The second-order valence-corrected chi connectivity index (χ2v) is 8.87. The first-order valence-electron chi connectivity index (χ1n) is 10.4. The van der Waals surface area contributed by atoms with Crippen LogP contribution < -0.4 is 5.73 Å². The molecule has 0 radical (unpaired) electrons. The first kappa shape index (κ1) is 19.5. The molecule has 0 saturated carbocycles. The molecule has 6 nitrogen and oxygen atoms in total. The summed E-state index contributed by atoms with van der Waals surface area (Å²) in [4.78, 5) is 28.7. The van der Waals surface area contributed by atoms with Gasteiger partial charge < -0.3 is 15.6 Å². The van der Waals surface area contributed by atoms with Crippen molar-refractivity contribution in [2.45, 2.75) is 19.3 Å². The highest BCUT2D eigenvalue weighted by molar-refractivity contribution is 7.14. The molecule has 31 heavy (non-hydrogen) atoms. The van der Waals surface area contributed by atoms with Gasteiger partial charge in [0, 0.05) is 47.6 Å². The van der Waals surface area contributed by atoms with E-state index < -0.39 is 0 Å². The van der Waals surface area contributed by atoms with E-state index in [9.17, 15) is 4.79 Å². The van der Waals surface area contributed by atoms with E-state index in [1.807, 2.05) is 29.3 Å². The number of thiophene rings is 1. The summed E-state index contributed by atoms with van der Waals surface area (Å²) in [5.41, 5.74) is 10.4. The standard InChI is InChI=1S/C24H23N5OS/c25-23-19-14-21(28-20(19)7-11-27-23)17-8-12-29(13-9-17)24(30)22-6-5-18(31-22)4-3-16-2-1-10-26-15-16/h1-2,5-8,10-11,14-15,28H,3-4,9,12-13H2,(H2,25,27). The number of carbonyl (C=O) groups is 1. The van der Waals surface area contributed by atoms with Crippen LogP contribution in [0.25, 0.3) is 16.5 Å². The van der Waals surface area contributed by atoms with Gasteiger partial charge in [-0.2, -0.15) is 0 Å². The monoisotopic (exact) mass is 429 g/mol. The second kappa shape index (κ2) is 8.35. The number of amides is 1. The Hall–Kier alpha value is -3.45. The lowest BCUT2D eigenvalue weighted by Gasteiger charge is -2.25. The summed E-state index contributed by atoms with van der Waals surface area (Å²) >= 11 is 1.60. The highest BCUT2D eigenvalue weighted by Crippen LogP contribution is 2.28. The zero-order valence-electron chi connectivity index (χ0n) is 17.0. The van der Waals surface area contributed by atoms with Crippen LogP contribution in [0, 0.1) is 0 Å². The van der Waals surface area contributed by atoms with Crippen molar-refractivity contribution in [2.24, 2.45) is 0 Å². The van der Waals surface area contributed by atoms with E-state index in [-0.39, 0.29) is 5.91 Å². The normalized spacial score (nSPS) is 14.1. The molecule has 4 aromatic heterocycles. The molecule has 5 rings (SSSR count). The molecule has 4 aromatic rings. The van der Waals surface area contributed by atoms with Crippen LogP contribution in [0.15, 0.2) is 61.1 Å². The number of fused-ring (bicyclic) bond motifs is 1. The summed E-state index contributed by atoms with van der Waals surface area (Å²) in [5, 5.41) is 0.939. The molecule has 0 fully saturated rings. The summed E-state index contributed by atoms with van der Waals surface area (Å²) in [7, 11) is 0. The van der Waals surface area contributed by atoms with Crippen molar-refractivity contribution < 1.29 is 4.79 Å². The highest BCUT2D eigenvalue weighted by atomic mass is 32.1. The number of H-pyrrole nitrogens is 1. The quantitative estimate of drug-likeness (QED) is 0.495. The zero-order valence-corrected chi connectivity index (χ0v) is 17.9. The van der Waals surface area contributed by atoms with Crippen LogP contribution in [0.1, 0.15) is 32.2 Å². The SMILES string of the molecule is Nc1nccc2[nH]c(C3=CCN(C(=O)c4ccc(CCc5cccnc5)s4)CC3)cc12. The Morgan fingerprint density at radius 1 is 1.19 bits per heavy atom. The lowest BCUT2D eigenvalue weighted by Crippen LogP contribution is -2.34. The molecular weight excluding hydrogens is 406 g/mol. The smallest absolute Gasteiger partial charge is 0.264 e. The molecule has 0 aromatic carbocycles. The minimum absolute atomic E-state index is 0.109. The summed E-state index contributed by atoms with van der Waals surface area (Å²) in [6.45, 7) is 1.32. The molecule has 5 heterocycles. The molecule has 0 unspecified atom stereocenters.